The monoisotopic (exact) mass is 320 g/mol. The molecule has 0 bridgehead atoms. The van der Waals surface area contributed by atoms with E-state index in [9.17, 15) is 8.42 Å². The summed E-state index contributed by atoms with van der Waals surface area (Å²) in [7, 11) is -1.98. The van der Waals surface area contributed by atoms with Crippen molar-refractivity contribution >= 4 is 10.0 Å². The predicted octanol–water partition coefficient (Wildman–Crippen LogP) is 1.96. The van der Waals surface area contributed by atoms with Crippen molar-refractivity contribution in [1.29, 1.82) is 0 Å². The maximum absolute atomic E-state index is 12.9. The summed E-state index contributed by atoms with van der Waals surface area (Å²) in [5.41, 5.74) is 3.44. The SMILES string of the molecule is Cc1cccc(C2CCCN2S(=O)(=O)c2cnnn2C)c1C. The van der Waals surface area contributed by atoms with Gasteiger partial charge in [-0.25, -0.2) is 13.1 Å². The first-order valence-corrected chi connectivity index (χ1v) is 8.79. The van der Waals surface area contributed by atoms with E-state index >= 15 is 0 Å². The molecule has 2 aromatic rings. The van der Waals surface area contributed by atoms with E-state index < -0.39 is 10.0 Å². The number of nitrogens with zero attached hydrogens (tertiary/aromatic N) is 4. The average Bonchev–Trinajstić information content (AvgIpc) is 3.11. The number of aromatic nitrogens is 3. The summed E-state index contributed by atoms with van der Waals surface area (Å²) in [5, 5.41) is 7.58. The van der Waals surface area contributed by atoms with E-state index in [0.29, 0.717) is 6.54 Å². The van der Waals surface area contributed by atoms with Crippen LogP contribution in [0, 0.1) is 13.8 Å². The van der Waals surface area contributed by atoms with Crippen molar-refractivity contribution in [3.8, 4) is 0 Å². The topological polar surface area (TPSA) is 68.1 Å². The Labute approximate surface area is 130 Å². The van der Waals surface area contributed by atoms with Crippen LogP contribution in [0.3, 0.4) is 0 Å². The minimum absolute atomic E-state index is 0.111. The van der Waals surface area contributed by atoms with Crippen LogP contribution < -0.4 is 0 Å². The Hall–Kier alpha value is -1.73. The van der Waals surface area contributed by atoms with E-state index in [2.05, 4.69) is 30.2 Å². The van der Waals surface area contributed by atoms with Crippen molar-refractivity contribution < 1.29 is 8.42 Å². The Balaban J connectivity index is 2.04. The summed E-state index contributed by atoms with van der Waals surface area (Å²) in [6, 6.07) is 5.96. The van der Waals surface area contributed by atoms with E-state index in [0.717, 1.165) is 24.0 Å². The van der Waals surface area contributed by atoms with Crippen molar-refractivity contribution in [2.45, 2.75) is 37.8 Å². The van der Waals surface area contributed by atoms with Crippen LogP contribution in [-0.4, -0.2) is 34.3 Å². The van der Waals surface area contributed by atoms with Crippen LogP contribution >= 0.6 is 0 Å². The van der Waals surface area contributed by atoms with Gasteiger partial charge in [0.15, 0.2) is 5.03 Å². The third-order valence-electron chi connectivity index (χ3n) is 4.46. The van der Waals surface area contributed by atoms with Gasteiger partial charge in [-0.15, -0.1) is 5.10 Å². The molecule has 6 nitrogen and oxygen atoms in total. The fourth-order valence-electron chi connectivity index (χ4n) is 3.11. The lowest BCUT2D eigenvalue weighted by molar-refractivity contribution is 0.390. The molecule has 2 heterocycles. The Morgan fingerprint density at radius 3 is 2.73 bits per heavy atom. The van der Waals surface area contributed by atoms with E-state index in [-0.39, 0.29) is 11.1 Å². The van der Waals surface area contributed by atoms with E-state index in [1.165, 1.54) is 16.4 Å². The highest BCUT2D eigenvalue weighted by molar-refractivity contribution is 7.89. The lowest BCUT2D eigenvalue weighted by atomic mass is 9.97. The van der Waals surface area contributed by atoms with E-state index in [4.69, 9.17) is 0 Å². The first kappa shape index (κ1) is 15.2. The van der Waals surface area contributed by atoms with Crippen LogP contribution in [0.1, 0.15) is 35.6 Å². The van der Waals surface area contributed by atoms with E-state index in [1.54, 1.807) is 11.4 Å². The summed E-state index contributed by atoms with van der Waals surface area (Å²) in [6.07, 6.45) is 3.02. The zero-order valence-corrected chi connectivity index (χ0v) is 13.8. The molecule has 0 aliphatic carbocycles. The van der Waals surface area contributed by atoms with Crippen LogP contribution in [0.4, 0.5) is 0 Å². The lowest BCUT2D eigenvalue weighted by Crippen LogP contribution is -2.32. The lowest BCUT2D eigenvalue weighted by Gasteiger charge is -2.25. The highest BCUT2D eigenvalue weighted by Crippen LogP contribution is 2.38. The van der Waals surface area contributed by atoms with Crippen molar-refractivity contribution in [2.24, 2.45) is 7.05 Å². The van der Waals surface area contributed by atoms with E-state index in [1.807, 2.05) is 12.1 Å². The first-order valence-electron chi connectivity index (χ1n) is 7.35. The van der Waals surface area contributed by atoms with Crippen LogP contribution in [0.15, 0.2) is 29.4 Å². The Kier molecular flexibility index (Phi) is 3.78. The largest absolute Gasteiger partial charge is 0.262 e. The molecule has 0 saturated carbocycles. The van der Waals surface area contributed by atoms with Gasteiger partial charge >= 0.3 is 0 Å². The van der Waals surface area contributed by atoms with Crippen molar-refractivity contribution in [2.75, 3.05) is 6.54 Å². The molecule has 7 heteroatoms. The second kappa shape index (κ2) is 5.48. The maximum Gasteiger partial charge on any atom is 0.262 e. The Bertz CT molecular complexity index is 798. The summed E-state index contributed by atoms with van der Waals surface area (Å²) in [6.45, 7) is 4.64. The molecule has 3 rings (SSSR count). The smallest absolute Gasteiger partial charge is 0.236 e. The molecule has 1 saturated heterocycles. The third kappa shape index (κ3) is 2.34. The second-order valence-electron chi connectivity index (χ2n) is 5.76. The molecule has 1 atom stereocenters. The van der Waals surface area contributed by atoms with Crippen LogP contribution in [0.2, 0.25) is 0 Å². The van der Waals surface area contributed by atoms with Gasteiger partial charge in [0.1, 0.15) is 0 Å². The highest BCUT2D eigenvalue weighted by Gasteiger charge is 2.38. The summed E-state index contributed by atoms with van der Waals surface area (Å²) < 4.78 is 28.7. The molecule has 22 heavy (non-hydrogen) atoms. The van der Waals surface area contributed by atoms with Gasteiger partial charge in [0.05, 0.1) is 12.2 Å². The third-order valence-corrected chi connectivity index (χ3v) is 6.41. The van der Waals surface area contributed by atoms with Crippen molar-refractivity contribution in [3.63, 3.8) is 0 Å². The molecule has 0 spiro atoms. The number of rotatable bonds is 3. The molecule has 1 aliphatic heterocycles. The molecule has 1 aromatic heterocycles. The zero-order chi connectivity index (χ0) is 15.9. The zero-order valence-electron chi connectivity index (χ0n) is 13.0. The number of hydrogen-bond donors (Lipinski definition) is 0. The molecule has 1 aromatic carbocycles. The summed E-state index contributed by atoms with van der Waals surface area (Å²) in [4.78, 5) is 0. The number of aryl methyl sites for hydroxylation is 2. The standard InChI is InChI=1S/C15H20N4O2S/c1-11-6-4-7-13(12(11)2)14-8-5-9-19(14)22(20,21)15-10-16-17-18(15)3/h4,6-7,10,14H,5,8-9H2,1-3H3. The Morgan fingerprint density at radius 2 is 2.05 bits per heavy atom. The van der Waals surface area contributed by atoms with Crippen LogP contribution in [0.25, 0.3) is 0 Å². The number of sulfonamides is 1. The molecule has 118 valence electrons. The molecular formula is C15H20N4O2S. The normalized spacial score (nSPS) is 19.7. The number of hydrogen-bond acceptors (Lipinski definition) is 4. The summed E-state index contributed by atoms with van der Waals surface area (Å²) >= 11 is 0. The number of benzene rings is 1. The summed E-state index contributed by atoms with van der Waals surface area (Å²) in [5.74, 6) is 0. The van der Waals surface area contributed by atoms with Gasteiger partial charge in [-0.05, 0) is 43.4 Å². The van der Waals surface area contributed by atoms with Crippen LogP contribution in [-0.2, 0) is 17.1 Å². The van der Waals surface area contributed by atoms with Gasteiger partial charge in [0.2, 0.25) is 0 Å². The highest BCUT2D eigenvalue weighted by atomic mass is 32.2. The molecule has 0 amide bonds. The van der Waals surface area contributed by atoms with Gasteiger partial charge in [-0.3, -0.25) is 0 Å². The van der Waals surface area contributed by atoms with Gasteiger partial charge in [-0.1, -0.05) is 23.4 Å². The van der Waals surface area contributed by atoms with Crippen LogP contribution in [0.5, 0.6) is 0 Å². The molecule has 0 radical (unpaired) electrons. The molecule has 1 unspecified atom stereocenters. The van der Waals surface area contributed by atoms with Crippen molar-refractivity contribution in [3.05, 3.63) is 41.1 Å². The molecular weight excluding hydrogens is 300 g/mol. The Morgan fingerprint density at radius 1 is 1.27 bits per heavy atom. The maximum atomic E-state index is 12.9. The molecule has 0 N–H and O–H groups in total. The fraction of sp³-hybridized carbons (Fsp3) is 0.467. The first-order chi connectivity index (χ1) is 10.4. The van der Waals surface area contributed by atoms with Gasteiger partial charge < -0.3 is 0 Å². The molecule has 1 aliphatic rings. The van der Waals surface area contributed by atoms with Gasteiger partial charge in [0, 0.05) is 13.6 Å². The minimum atomic E-state index is -3.58. The second-order valence-corrected chi connectivity index (χ2v) is 7.60. The average molecular weight is 320 g/mol. The predicted molar refractivity (Wildman–Crippen MR) is 82.8 cm³/mol. The quantitative estimate of drug-likeness (QED) is 0.867. The van der Waals surface area contributed by atoms with Crippen molar-refractivity contribution in [1.82, 2.24) is 19.3 Å². The van der Waals surface area contributed by atoms with Gasteiger partial charge in [0.25, 0.3) is 10.0 Å². The molecule has 1 fully saturated rings. The fourth-order valence-corrected chi connectivity index (χ4v) is 4.82. The minimum Gasteiger partial charge on any atom is -0.236 e. The van der Waals surface area contributed by atoms with Gasteiger partial charge in [-0.2, -0.15) is 4.31 Å².